The Kier molecular flexibility index (Phi) is 3.53. The van der Waals surface area contributed by atoms with Gasteiger partial charge in [-0.15, -0.1) is 0 Å². The van der Waals surface area contributed by atoms with Crippen molar-refractivity contribution >= 4 is 0 Å². The van der Waals surface area contributed by atoms with Gasteiger partial charge in [-0.1, -0.05) is 19.3 Å². The van der Waals surface area contributed by atoms with E-state index in [9.17, 15) is 5.11 Å². The van der Waals surface area contributed by atoms with Crippen LogP contribution in [0.1, 0.15) is 51.9 Å². The van der Waals surface area contributed by atoms with Gasteiger partial charge in [-0.25, -0.2) is 0 Å². The SMILES string of the molecule is CC(O)CCC1(O)CCCCC1. The molecular formula is C10H20O2. The first kappa shape index (κ1) is 10.0. The first-order chi connectivity index (χ1) is 5.62. The highest BCUT2D eigenvalue weighted by Crippen LogP contribution is 2.31. The standard InChI is InChI=1S/C10H20O2/c1-9(11)5-8-10(12)6-3-2-4-7-10/h9,11-12H,2-8H2,1H3. The Morgan fingerprint density at radius 1 is 1.25 bits per heavy atom. The molecule has 1 aliphatic rings. The fourth-order valence-electron chi connectivity index (χ4n) is 1.94. The van der Waals surface area contributed by atoms with E-state index in [1.807, 2.05) is 0 Å². The van der Waals surface area contributed by atoms with Gasteiger partial charge in [-0.2, -0.15) is 0 Å². The van der Waals surface area contributed by atoms with Crippen molar-refractivity contribution in [2.75, 3.05) is 0 Å². The monoisotopic (exact) mass is 172 g/mol. The lowest BCUT2D eigenvalue weighted by Gasteiger charge is -2.32. The van der Waals surface area contributed by atoms with Crippen molar-refractivity contribution in [3.8, 4) is 0 Å². The van der Waals surface area contributed by atoms with Crippen molar-refractivity contribution < 1.29 is 10.2 Å². The van der Waals surface area contributed by atoms with Crippen molar-refractivity contribution in [2.24, 2.45) is 0 Å². The lowest BCUT2D eigenvalue weighted by atomic mass is 9.81. The summed E-state index contributed by atoms with van der Waals surface area (Å²) < 4.78 is 0. The molecule has 1 aliphatic carbocycles. The summed E-state index contributed by atoms with van der Waals surface area (Å²) in [5.41, 5.74) is -0.449. The molecule has 12 heavy (non-hydrogen) atoms. The fourth-order valence-corrected chi connectivity index (χ4v) is 1.94. The highest BCUT2D eigenvalue weighted by Gasteiger charge is 2.28. The third-order valence-electron chi connectivity index (χ3n) is 2.81. The van der Waals surface area contributed by atoms with Crippen molar-refractivity contribution in [3.63, 3.8) is 0 Å². The van der Waals surface area contributed by atoms with Crippen LogP contribution in [-0.4, -0.2) is 21.9 Å². The van der Waals surface area contributed by atoms with Crippen LogP contribution in [0.5, 0.6) is 0 Å². The van der Waals surface area contributed by atoms with Gasteiger partial charge in [0.25, 0.3) is 0 Å². The number of hydrogen-bond donors (Lipinski definition) is 2. The summed E-state index contributed by atoms with van der Waals surface area (Å²) in [7, 11) is 0. The molecule has 0 aromatic rings. The van der Waals surface area contributed by atoms with Gasteiger partial charge in [0.1, 0.15) is 0 Å². The van der Waals surface area contributed by atoms with E-state index in [2.05, 4.69) is 0 Å². The molecular weight excluding hydrogens is 152 g/mol. The number of rotatable bonds is 3. The summed E-state index contributed by atoms with van der Waals surface area (Å²) in [4.78, 5) is 0. The van der Waals surface area contributed by atoms with Crippen LogP contribution in [0.2, 0.25) is 0 Å². The van der Waals surface area contributed by atoms with E-state index < -0.39 is 5.60 Å². The molecule has 1 unspecified atom stereocenters. The maximum Gasteiger partial charge on any atom is 0.0648 e. The van der Waals surface area contributed by atoms with Gasteiger partial charge < -0.3 is 10.2 Å². The van der Waals surface area contributed by atoms with Crippen LogP contribution >= 0.6 is 0 Å². The van der Waals surface area contributed by atoms with E-state index in [1.165, 1.54) is 6.42 Å². The lowest BCUT2D eigenvalue weighted by molar-refractivity contribution is -0.0141. The maximum atomic E-state index is 10.0. The molecule has 0 aromatic carbocycles. The number of hydrogen-bond acceptors (Lipinski definition) is 2. The quantitative estimate of drug-likeness (QED) is 0.682. The molecule has 0 saturated heterocycles. The second-order valence-electron chi connectivity index (χ2n) is 4.17. The zero-order valence-corrected chi connectivity index (χ0v) is 7.92. The van der Waals surface area contributed by atoms with E-state index >= 15 is 0 Å². The Labute approximate surface area is 74.6 Å². The molecule has 1 saturated carbocycles. The average molecular weight is 172 g/mol. The Morgan fingerprint density at radius 2 is 1.83 bits per heavy atom. The molecule has 2 N–H and O–H groups in total. The van der Waals surface area contributed by atoms with Gasteiger partial charge in [0.15, 0.2) is 0 Å². The Morgan fingerprint density at radius 3 is 2.33 bits per heavy atom. The summed E-state index contributed by atoms with van der Waals surface area (Å²) in [5, 5.41) is 19.1. The van der Waals surface area contributed by atoms with Crippen molar-refractivity contribution in [1.29, 1.82) is 0 Å². The van der Waals surface area contributed by atoms with Gasteiger partial charge >= 0.3 is 0 Å². The molecule has 0 amide bonds. The smallest absolute Gasteiger partial charge is 0.0648 e. The van der Waals surface area contributed by atoms with Crippen LogP contribution in [0.15, 0.2) is 0 Å². The van der Waals surface area contributed by atoms with Crippen LogP contribution in [-0.2, 0) is 0 Å². The van der Waals surface area contributed by atoms with E-state index in [0.29, 0.717) is 0 Å². The largest absolute Gasteiger partial charge is 0.393 e. The highest BCUT2D eigenvalue weighted by atomic mass is 16.3. The second-order valence-corrected chi connectivity index (χ2v) is 4.17. The Bertz CT molecular complexity index is 126. The van der Waals surface area contributed by atoms with Crippen LogP contribution in [0.4, 0.5) is 0 Å². The van der Waals surface area contributed by atoms with Crippen LogP contribution in [0.25, 0.3) is 0 Å². The molecule has 72 valence electrons. The highest BCUT2D eigenvalue weighted by molar-refractivity contribution is 4.82. The Hall–Kier alpha value is -0.0800. The van der Waals surface area contributed by atoms with Gasteiger partial charge in [-0.3, -0.25) is 0 Å². The fraction of sp³-hybridized carbons (Fsp3) is 1.00. The predicted octanol–water partition coefficient (Wildman–Crippen LogP) is 1.84. The van der Waals surface area contributed by atoms with Crippen molar-refractivity contribution in [1.82, 2.24) is 0 Å². The minimum absolute atomic E-state index is 0.268. The average Bonchev–Trinajstić information content (AvgIpc) is 2.03. The van der Waals surface area contributed by atoms with Gasteiger partial charge in [0, 0.05) is 0 Å². The van der Waals surface area contributed by atoms with Crippen LogP contribution < -0.4 is 0 Å². The van der Waals surface area contributed by atoms with E-state index in [1.54, 1.807) is 6.92 Å². The summed E-state index contributed by atoms with van der Waals surface area (Å²) in [6.07, 6.45) is 6.65. The predicted molar refractivity (Wildman–Crippen MR) is 48.9 cm³/mol. The van der Waals surface area contributed by atoms with Crippen molar-refractivity contribution in [2.45, 2.75) is 63.6 Å². The first-order valence-electron chi connectivity index (χ1n) is 5.03. The molecule has 2 heteroatoms. The molecule has 1 rings (SSSR count). The maximum absolute atomic E-state index is 10.0. The van der Waals surface area contributed by atoms with Gasteiger partial charge in [-0.05, 0) is 32.6 Å². The minimum atomic E-state index is -0.449. The summed E-state index contributed by atoms with van der Waals surface area (Å²) in [5.74, 6) is 0. The molecule has 0 spiro atoms. The van der Waals surface area contributed by atoms with E-state index in [-0.39, 0.29) is 6.10 Å². The summed E-state index contributed by atoms with van der Waals surface area (Å²) >= 11 is 0. The summed E-state index contributed by atoms with van der Waals surface area (Å²) in [6.45, 7) is 1.78. The third kappa shape index (κ3) is 3.11. The molecule has 0 aliphatic heterocycles. The minimum Gasteiger partial charge on any atom is -0.393 e. The summed E-state index contributed by atoms with van der Waals surface area (Å²) in [6, 6.07) is 0. The van der Waals surface area contributed by atoms with Gasteiger partial charge in [0.05, 0.1) is 11.7 Å². The molecule has 2 nitrogen and oxygen atoms in total. The Balaban J connectivity index is 2.26. The zero-order chi connectivity index (χ0) is 9.03. The van der Waals surface area contributed by atoms with E-state index in [0.717, 1.165) is 38.5 Å². The third-order valence-corrected chi connectivity index (χ3v) is 2.81. The normalized spacial score (nSPS) is 25.2. The number of aliphatic hydroxyl groups excluding tert-OH is 1. The molecule has 1 atom stereocenters. The zero-order valence-electron chi connectivity index (χ0n) is 7.92. The van der Waals surface area contributed by atoms with Gasteiger partial charge in [0.2, 0.25) is 0 Å². The molecule has 1 fully saturated rings. The second kappa shape index (κ2) is 4.24. The molecule has 0 aromatic heterocycles. The van der Waals surface area contributed by atoms with Crippen LogP contribution in [0.3, 0.4) is 0 Å². The molecule has 0 radical (unpaired) electrons. The first-order valence-corrected chi connectivity index (χ1v) is 5.03. The van der Waals surface area contributed by atoms with Crippen molar-refractivity contribution in [3.05, 3.63) is 0 Å². The lowest BCUT2D eigenvalue weighted by Crippen LogP contribution is -2.32. The molecule has 0 heterocycles. The number of aliphatic hydroxyl groups is 2. The topological polar surface area (TPSA) is 40.5 Å². The van der Waals surface area contributed by atoms with E-state index in [4.69, 9.17) is 5.11 Å². The molecule has 0 bridgehead atoms. The van der Waals surface area contributed by atoms with Crippen LogP contribution in [0, 0.1) is 0 Å².